The van der Waals surface area contributed by atoms with E-state index in [-0.39, 0.29) is 37.1 Å². The maximum Gasteiger partial charge on any atom is 0.255 e. The minimum atomic E-state index is -0.241. The van der Waals surface area contributed by atoms with Gasteiger partial charge in [-0.3, -0.25) is 19.3 Å². The van der Waals surface area contributed by atoms with Gasteiger partial charge in [0, 0.05) is 30.0 Å². The monoisotopic (exact) mass is 389 g/mol. The summed E-state index contributed by atoms with van der Waals surface area (Å²) in [5, 5.41) is 2.87. The lowest BCUT2D eigenvalue weighted by Gasteiger charge is -2.14. The predicted octanol–water partition coefficient (Wildman–Crippen LogP) is 3.61. The van der Waals surface area contributed by atoms with Crippen molar-refractivity contribution in [3.63, 3.8) is 0 Å². The SMILES string of the molecule is O=C(Nc1ccc2oc(C3CC3)nc2c1)c1ccc(CN2C(=O)CCC2=O)cc1. The van der Waals surface area contributed by atoms with E-state index in [1.54, 1.807) is 30.3 Å². The summed E-state index contributed by atoms with van der Waals surface area (Å²) in [5.74, 6) is 0.670. The van der Waals surface area contributed by atoms with Gasteiger partial charge >= 0.3 is 0 Å². The number of rotatable bonds is 5. The molecule has 0 unspecified atom stereocenters. The number of carbonyl (C=O) groups is 3. The Bertz CT molecular complexity index is 1110. The molecule has 3 amide bonds. The number of fused-ring (bicyclic) bond motifs is 1. The van der Waals surface area contributed by atoms with Crippen molar-refractivity contribution in [2.45, 2.75) is 38.1 Å². The normalized spacial score (nSPS) is 16.6. The molecule has 7 heteroatoms. The fourth-order valence-electron chi connectivity index (χ4n) is 3.47. The summed E-state index contributed by atoms with van der Waals surface area (Å²) in [6.07, 6.45) is 2.79. The zero-order chi connectivity index (χ0) is 20.0. The van der Waals surface area contributed by atoms with Gasteiger partial charge in [-0.2, -0.15) is 0 Å². The Hall–Kier alpha value is -3.48. The minimum Gasteiger partial charge on any atom is -0.440 e. The van der Waals surface area contributed by atoms with Crippen LogP contribution in [-0.2, 0) is 16.1 Å². The van der Waals surface area contributed by atoms with E-state index < -0.39 is 0 Å². The molecule has 146 valence electrons. The summed E-state index contributed by atoms with van der Waals surface area (Å²) < 4.78 is 5.74. The van der Waals surface area contributed by atoms with Gasteiger partial charge in [-0.15, -0.1) is 0 Å². The molecule has 29 heavy (non-hydrogen) atoms. The molecule has 0 radical (unpaired) electrons. The molecule has 7 nitrogen and oxygen atoms in total. The molecule has 0 atom stereocenters. The predicted molar refractivity (Wildman–Crippen MR) is 105 cm³/mol. The maximum atomic E-state index is 12.6. The smallest absolute Gasteiger partial charge is 0.255 e. The molecule has 0 spiro atoms. The van der Waals surface area contributed by atoms with Crippen LogP contribution in [0.5, 0.6) is 0 Å². The molecule has 1 aliphatic carbocycles. The second-order valence-corrected chi connectivity index (χ2v) is 7.53. The van der Waals surface area contributed by atoms with Gasteiger partial charge in [0.2, 0.25) is 11.8 Å². The third kappa shape index (κ3) is 3.51. The van der Waals surface area contributed by atoms with E-state index in [0.29, 0.717) is 17.2 Å². The Morgan fingerprint density at radius 2 is 1.79 bits per heavy atom. The van der Waals surface area contributed by atoms with Crippen LogP contribution < -0.4 is 5.32 Å². The van der Waals surface area contributed by atoms with E-state index in [0.717, 1.165) is 35.4 Å². The van der Waals surface area contributed by atoms with Gasteiger partial charge in [-0.25, -0.2) is 4.98 Å². The van der Waals surface area contributed by atoms with Crippen molar-refractivity contribution >= 4 is 34.5 Å². The highest BCUT2D eigenvalue weighted by Gasteiger charge is 2.29. The van der Waals surface area contributed by atoms with Crippen LogP contribution in [0.25, 0.3) is 11.1 Å². The highest BCUT2D eigenvalue weighted by atomic mass is 16.3. The lowest BCUT2D eigenvalue weighted by atomic mass is 10.1. The zero-order valence-electron chi connectivity index (χ0n) is 15.7. The van der Waals surface area contributed by atoms with Crippen LogP contribution in [0, 0.1) is 0 Å². The number of amides is 3. The number of hydrogen-bond acceptors (Lipinski definition) is 5. The lowest BCUT2D eigenvalue weighted by Crippen LogP contribution is -2.28. The Labute approximate surface area is 166 Å². The summed E-state index contributed by atoms with van der Waals surface area (Å²) in [6, 6.07) is 12.3. The molecule has 1 saturated carbocycles. The fourth-order valence-corrected chi connectivity index (χ4v) is 3.47. The van der Waals surface area contributed by atoms with Gasteiger partial charge in [0.1, 0.15) is 5.52 Å². The summed E-state index contributed by atoms with van der Waals surface area (Å²) in [7, 11) is 0. The van der Waals surface area contributed by atoms with E-state index in [2.05, 4.69) is 10.3 Å². The molecule has 1 aromatic heterocycles. The first-order valence-electron chi connectivity index (χ1n) is 9.71. The lowest BCUT2D eigenvalue weighted by molar-refractivity contribution is -0.139. The summed E-state index contributed by atoms with van der Waals surface area (Å²) in [4.78, 5) is 41.8. The number of likely N-dealkylation sites (tertiary alicyclic amines) is 1. The number of hydrogen-bond donors (Lipinski definition) is 1. The molecule has 0 bridgehead atoms. The van der Waals surface area contributed by atoms with Crippen molar-refractivity contribution in [3.8, 4) is 0 Å². The standard InChI is InChI=1S/C22H19N3O4/c26-19-9-10-20(27)25(19)12-13-1-3-14(4-2-13)21(28)23-16-7-8-18-17(11-16)24-22(29-18)15-5-6-15/h1-4,7-8,11,15H,5-6,9-10,12H2,(H,23,28). The maximum absolute atomic E-state index is 12.6. The highest BCUT2D eigenvalue weighted by molar-refractivity contribution is 6.05. The zero-order valence-corrected chi connectivity index (χ0v) is 15.7. The van der Waals surface area contributed by atoms with Crippen molar-refractivity contribution in [3.05, 3.63) is 59.5 Å². The molecular weight excluding hydrogens is 370 g/mol. The van der Waals surface area contributed by atoms with Crippen LogP contribution in [0.1, 0.15) is 53.4 Å². The first-order valence-corrected chi connectivity index (χ1v) is 9.71. The molecule has 1 saturated heterocycles. The highest BCUT2D eigenvalue weighted by Crippen LogP contribution is 2.40. The quantitative estimate of drug-likeness (QED) is 0.673. The largest absolute Gasteiger partial charge is 0.440 e. The Kier molecular flexibility index (Phi) is 4.16. The number of anilines is 1. The van der Waals surface area contributed by atoms with Gasteiger partial charge < -0.3 is 9.73 Å². The molecule has 3 aromatic rings. The Morgan fingerprint density at radius 1 is 1.07 bits per heavy atom. The van der Waals surface area contributed by atoms with Crippen molar-refractivity contribution in [2.75, 3.05) is 5.32 Å². The average molecular weight is 389 g/mol. The molecule has 5 rings (SSSR count). The first-order chi connectivity index (χ1) is 14.1. The molecule has 2 aromatic carbocycles. The third-order valence-electron chi connectivity index (χ3n) is 5.30. The third-order valence-corrected chi connectivity index (χ3v) is 5.30. The van der Waals surface area contributed by atoms with Crippen LogP contribution in [-0.4, -0.2) is 27.6 Å². The molecule has 1 aliphatic heterocycles. The van der Waals surface area contributed by atoms with Crippen LogP contribution in [0.15, 0.2) is 46.9 Å². The van der Waals surface area contributed by atoms with Gasteiger partial charge in [-0.1, -0.05) is 12.1 Å². The van der Waals surface area contributed by atoms with E-state index in [9.17, 15) is 14.4 Å². The number of benzene rings is 2. The van der Waals surface area contributed by atoms with Crippen molar-refractivity contribution < 1.29 is 18.8 Å². The second kappa shape index (κ2) is 6.84. The van der Waals surface area contributed by atoms with E-state index in [1.165, 1.54) is 4.90 Å². The van der Waals surface area contributed by atoms with Crippen LogP contribution >= 0.6 is 0 Å². The summed E-state index contributed by atoms with van der Waals surface area (Å²) in [5.41, 5.74) is 3.41. The van der Waals surface area contributed by atoms with Gasteiger partial charge in [-0.05, 0) is 48.7 Å². The van der Waals surface area contributed by atoms with E-state index in [4.69, 9.17) is 4.42 Å². The summed E-state index contributed by atoms with van der Waals surface area (Å²) >= 11 is 0. The van der Waals surface area contributed by atoms with Crippen molar-refractivity contribution in [1.82, 2.24) is 9.88 Å². The van der Waals surface area contributed by atoms with Crippen molar-refractivity contribution in [1.29, 1.82) is 0 Å². The number of aromatic nitrogens is 1. The van der Waals surface area contributed by atoms with Gasteiger partial charge in [0.15, 0.2) is 11.5 Å². The second-order valence-electron chi connectivity index (χ2n) is 7.53. The average Bonchev–Trinajstić information content (AvgIpc) is 3.42. The molecule has 2 aliphatic rings. The Balaban J connectivity index is 1.27. The number of nitrogens with zero attached hydrogens (tertiary/aromatic N) is 2. The van der Waals surface area contributed by atoms with Gasteiger partial charge in [0.25, 0.3) is 5.91 Å². The molecule has 2 fully saturated rings. The number of imide groups is 1. The van der Waals surface area contributed by atoms with Gasteiger partial charge in [0.05, 0.1) is 6.54 Å². The topological polar surface area (TPSA) is 92.5 Å². The Morgan fingerprint density at radius 3 is 2.48 bits per heavy atom. The molecular formula is C22H19N3O4. The summed E-state index contributed by atoms with van der Waals surface area (Å²) in [6.45, 7) is 0.242. The van der Waals surface area contributed by atoms with Crippen molar-refractivity contribution in [2.24, 2.45) is 0 Å². The van der Waals surface area contributed by atoms with E-state index in [1.807, 2.05) is 12.1 Å². The number of nitrogens with one attached hydrogen (secondary N) is 1. The van der Waals surface area contributed by atoms with Crippen LogP contribution in [0.2, 0.25) is 0 Å². The number of oxazole rings is 1. The van der Waals surface area contributed by atoms with E-state index >= 15 is 0 Å². The van der Waals surface area contributed by atoms with Crippen LogP contribution in [0.3, 0.4) is 0 Å². The number of carbonyl (C=O) groups excluding carboxylic acids is 3. The molecule has 2 heterocycles. The first kappa shape index (κ1) is 17.6. The minimum absolute atomic E-state index is 0.148. The fraction of sp³-hybridized carbons (Fsp3) is 0.273. The molecule has 1 N–H and O–H groups in total. The van der Waals surface area contributed by atoms with Crippen LogP contribution in [0.4, 0.5) is 5.69 Å².